The van der Waals surface area contributed by atoms with E-state index < -0.39 is 28.5 Å². The Labute approximate surface area is 225 Å². The first-order valence-corrected chi connectivity index (χ1v) is 13.7. The highest BCUT2D eigenvalue weighted by Gasteiger charge is 2.32. The molecule has 0 saturated heterocycles. The zero-order valence-electron chi connectivity index (χ0n) is 22.7. The predicted molar refractivity (Wildman–Crippen MR) is 149 cm³/mol. The molecule has 0 aliphatic heterocycles. The number of hydrogen-bond acceptors (Lipinski definition) is 5. The third-order valence-electron chi connectivity index (χ3n) is 6.28. The average Bonchev–Trinajstić information content (AvgIpc) is 2.89. The summed E-state index contributed by atoms with van der Waals surface area (Å²) < 4.78 is 34.2. The lowest BCUT2D eigenvalue weighted by atomic mass is 10.1. The van der Waals surface area contributed by atoms with Crippen molar-refractivity contribution < 1.29 is 22.7 Å². The van der Waals surface area contributed by atoms with Crippen molar-refractivity contribution in [1.82, 2.24) is 10.2 Å². The van der Waals surface area contributed by atoms with Crippen molar-refractivity contribution in [2.24, 2.45) is 0 Å². The van der Waals surface area contributed by atoms with Gasteiger partial charge in [-0.2, -0.15) is 0 Å². The molecular weight excluding hydrogens is 502 g/mol. The van der Waals surface area contributed by atoms with Gasteiger partial charge in [-0.05, 0) is 80.8 Å². The van der Waals surface area contributed by atoms with Crippen LogP contribution in [-0.4, -0.2) is 51.9 Å². The second-order valence-corrected chi connectivity index (χ2v) is 11.2. The van der Waals surface area contributed by atoms with Gasteiger partial charge in [-0.25, -0.2) is 8.42 Å². The Morgan fingerprint density at radius 2 is 1.55 bits per heavy atom. The zero-order chi connectivity index (χ0) is 28.0. The van der Waals surface area contributed by atoms with Crippen LogP contribution in [-0.2, 0) is 26.2 Å². The Morgan fingerprint density at radius 3 is 2.13 bits per heavy atom. The van der Waals surface area contributed by atoms with Crippen LogP contribution in [0.1, 0.15) is 29.2 Å². The lowest BCUT2D eigenvalue weighted by molar-refractivity contribution is -0.139. The molecule has 202 valence electrons. The lowest BCUT2D eigenvalue weighted by Gasteiger charge is -2.32. The monoisotopic (exact) mass is 537 g/mol. The Balaban J connectivity index is 2.07. The van der Waals surface area contributed by atoms with Gasteiger partial charge in [0.2, 0.25) is 11.8 Å². The van der Waals surface area contributed by atoms with Gasteiger partial charge in [-0.1, -0.05) is 35.9 Å². The number of ether oxygens (including phenoxy) is 1. The van der Waals surface area contributed by atoms with Crippen molar-refractivity contribution in [3.63, 3.8) is 0 Å². The molecule has 0 aliphatic carbocycles. The molecule has 0 saturated carbocycles. The van der Waals surface area contributed by atoms with Crippen molar-refractivity contribution in [3.05, 3.63) is 89.0 Å². The summed E-state index contributed by atoms with van der Waals surface area (Å²) in [6.45, 7) is 6.85. The molecule has 1 N–H and O–H groups in total. The molecule has 0 heterocycles. The highest BCUT2D eigenvalue weighted by atomic mass is 32.2. The number of nitrogens with zero attached hydrogens (tertiary/aromatic N) is 2. The molecule has 0 fully saturated rings. The Morgan fingerprint density at radius 1 is 0.921 bits per heavy atom. The predicted octanol–water partition coefficient (Wildman–Crippen LogP) is 3.98. The maximum atomic E-state index is 13.9. The number of amides is 2. The molecule has 3 aromatic rings. The van der Waals surface area contributed by atoms with Gasteiger partial charge in [0.05, 0.1) is 17.7 Å². The van der Waals surface area contributed by atoms with E-state index in [2.05, 4.69) is 5.32 Å². The molecule has 38 heavy (non-hydrogen) atoms. The van der Waals surface area contributed by atoms with Gasteiger partial charge in [-0.15, -0.1) is 0 Å². The van der Waals surface area contributed by atoms with Gasteiger partial charge in [0, 0.05) is 13.6 Å². The Hall–Kier alpha value is -3.85. The maximum Gasteiger partial charge on any atom is 0.264 e. The first-order valence-electron chi connectivity index (χ1n) is 12.3. The first kappa shape index (κ1) is 28.7. The maximum absolute atomic E-state index is 13.9. The molecule has 1 atom stereocenters. The average molecular weight is 538 g/mol. The van der Waals surface area contributed by atoms with Crippen LogP contribution in [0.4, 0.5) is 5.69 Å². The molecule has 2 amide bonds. The summed E-state index contributed by atoms with van der Waals surface area (Å²) in [7, 11) is -1.06. The summed E-state index contributed by atoms with van der Waals surface area (Å²) in [6, 6.07) is 18.3. The number of methoxy groups -OCH3 is 1. The number of rotatable bonds is 10. The summed E-state index contributed by atoms with van der Waals surface area (Å²) >= 11 is 0. The number of nitrogens with one attached hydrogen (secondary N) is 1. The molecule has 3 aromatic carbocycles. The summed E-state index contributed by atoms with van der Waals surface area (Å²) in [5, 5.41) is 2.58. The highest BCUT2D eigenvalue weighted by molar-refractivity contribution is 7.92. The van der Waals surface area contributed by atoms with E-state index in [1.807, 2.05) is 32.9 Å². The molecule has 0 aromatic heterocycles. The van der Waals surface area contributed by atoms with E-state index in [9.17, 15) is 18.0 Å². The summed E-state index contributed by atoms with van der Waals surface area (Å²) in [5.74, 6) is -0.263. The van der Waals surface area contributed by atoms with Gasteiger partial charge in [-0.3, -0.25) is 13.9 Å². The quantitative estimate of drug-likeness (QED) is 0.422. The fourth-order valence-electron chi connectivity index (χ4n) is 4.22. The molecule has 0 aliphatic rings. The van der Waals surface area contributed by atoms with E-state index in [1.165, 1.54) is 24.1 Å². The van der Waals surface area contributed by atoms with Crippen LogP contribution in [0.25, 0.3) is 0 Å². The van der Waals surface area contributed by atoms with E-state index in [0.29, 0.717) is 11.4 Å². The molecule has 8 nitrogen and oxygen atoms in total. The lowest BCUT2D eigenvalue weighted by Crippen LogP contribution is -2.50. The van der Waals surface area contributed by atoms with Crippen molar-refractivity contribution in [3.8, 4) is 5.75 Å². The van der Waals surface area contributed by atoms with Crippen LogP contribution in [0, 0.1) is 20.8 Å². The van der Waals surface area contributed by atoms with Crippen LogP contribution >= 0.6 is 0 Å². The second-order valence-electron chi connectivity index (χ2n) is 9.33. The molecular formula is C29H35N3O5S. The van der Waals surface area contributed by atoms with Gasteiger partial charge in [0.15, 0.2) is 0 Å². The number of aryl methyl sites for hydroxylation is 3. The van der Waals surface area contributed by atoms with E-state index in [0.717, 1.165) is 26.6 Å². The van der Waals surface area contributed by atoms with Gasteiger partial charge >= 0.3 is 0 Å². The van der Waals surface area contributed by atoms with Crippen molar-refractivity contribution in [2.75, 3.05) is 25.0 Å². The van der Waals surface area contributed by atoms with Crippen molar-refractivity contribution in [2.45, 2.75) is 45.2 Å². The standard InChI is InChI=1S/C29H35N3O5S/c1-20-10-12-27(13-11-20)38(35,36)32(25-15-21(2)14-22(3)16-25)19-28(33)31(23(4)29(34)30-5)18-24-8-7-9-26(17-24)37-6/h7-17,23H,18-19H2,1-6H3,(H,30,34)/t23-/m1/s1. The van der Waals surface area contributed by atoms with Crippen LogP contribution in [0.15, 0.2) is 71.6 Å². The van der Waals surface area contributed by atoms with E-state index in [1.54, 1.807) is 56.5 Å². The van der Waals surface area contributed by atoms with Gasteiger partial charge in [0.1, 0.15) is 18.3 Å². The van der Waals surface area contributed by atoms with Crippen molar-refractivity contribution in [1.29, 1.82) is 0 Å². The molecule has 0 radical (unpaired) electrons. The summed E-state index contributed by atoms with van der Waals surface area (Å²) in [5.41, 5.74) is 3.77. The number of sulfonamides is 1. The number of carbonyl (C=O) groups is 2. The highest BCUT2D eigenvalue weighted by Crippen LogP contribution is 2.27. The number of hydrogen-bond donors (Lipinski definition) is 1. The first-order chi connectivity index (χ1) is 18.0. The Bertz CT molecular complexity index is 1380. The second kappa shape index (κ2) is 12.1. The fraction of sp³-hybridized carbons (Fsp3) is 0.310. The third-order valence-corrected chi connectivity index (χ3v) is 8.07. The van der Waals surface area contributed by atoms with Crippen LogP contribution in [0.3, 0.4) is 0 Å². The molecule has 0 spiro atoms. The van der Waals surface area contributed by atoms with Crippen LogP contribution in [0.2, 0.25) is 0 Å². The Kier molecular flexibility index (Phi) is 9.17. The number of benzene rings is 3. The normalized spacial score (nSPS) is 11.9. The fourth-order valence-corrected chi connectivity index (χ4v) is 5.62. The van der Waals surface area contributed by atoms with E-state index in [-0.39, 0.29) is 17.3 Å². The molecule has 3 rings (SSSR count). The van der Waals surface area contributed by atoms with Crippen molar-refractivity contribution >= 4 is 27.5 Å². The van der Waals surface area contributed by atoms with E-state index in [4.69, 9.17) is 4.74 Å². The summed E-state index contributed by atoms with van der Waals surface area (Å²) in [4.78, 5) is 27.9. The zero-order valence-corrected chi connectivity index (χ0v) is 23.5. The molecule has 9 heteroatoms. The minimum absolute atomic E-state index is 0.0776. The molecule has 0 unspecified atom stereocenters. The van der Waals surface area contributed by atoms with Crippen LogP contribution < -0.4 is 14.4 Å². The third kappa shape index (κ3) is 6.72. The number of anilines is 1. The minimum Gasteiger partial charge on any atom is -0.497 e. The van der Waals surface area contributed by atoms with Gasteiger partial charge in [0.25, 0.3) is 10.0 Å². The smallest absolute Gasteiger partial charge is 0.264 e. The molecule has 0 bridgehead atoms. The van der Waals surface area contributed by atoms with Gasteiger partial charge < -0.3 is 15.0 Å². The van der Waals surface area contributed by atoms with Crippen LogP contribution in [0.5, 0.6) is 5.75 Å². The topological polar surface area (TPSA) is 96.0 Å². The number of carbonyl (C=O) groups excluding carboxylic acids is 2. The minimum atomic E-state index is -4.10. The summed E-state index contributed by atoms with van der Waals surface area (Å²) in [6.07, 6.45) is 0. The largest absolute Gasteiger partial charge is 0.497 e. The number of likely N-dealkylation sites (N-methyl/N-ethyl adjacent to an activating group) is 1. The SMILES string of the molecule is CNC(=O)[C@@H](C)N(Cc1cccc(OC)c1)C(=O)CN(c1cc(C)cc(C)c1)S(=O)(=O)c1ccc(C)cc1. The van der Waals surface area contributed by atoms with E-state index >= 15 is 0 Å².